The standard InChI is InChI=1S/C18H19BrClN3O/c1-11-10-16(20)8-9-17(11)21-13(3)18(24)23-22-12(2)14-4-6-15(19)7-5-14/h4-10,13,21H,1-3H3,(H,23,24)/b22-12-/t13-/m1/s1. The number of halogens is 2. The van der Waals surface area contributed by atoms with E-state index in [2.05, 4.69) is 31.8 Å². The number of hydrogen-bond donors (Lipinski definition) is 2. The predicted molar refractivity (Wildman–Crippen MR) is 104 cm³/mol. The van der Waals surface area contributed by atoms with Crippen LogP contribution in [0.5, 0.6) is 0 Å². The van der Waals surface area contributed by atoms with E-state index in [1.54, 1.807) is 13.0 Å². The van der Waals surface area contributed by atoms with Crippen molar-refractivity contribution in [2.24, 2.45) is 5.10 Å². The van der Waals surface area contributed by atoms with Gasteiger partial charge in [0.25, 0.3) is 5.91 Å². The van der Waals surface area contributed by atoms with Crippen LogP contribution in [0.2, 0.25) is 5.02 Å². The Balaban J connectivity index is 1.98. The zero-order chi connectivity index (χ0) is 17.7. The number of anilines is 1. The molecule has 2 N–H and O–H groups in total. The van der Waals surface area contributed by atoms with E-state index in [9.17, 15) is 4.79 Å². The first-order valence-electron chi connectivity index (χ1n) is 7.49. The monoisotopic (exact) mass is 407 g/mol. The molecular weight excluding hydrogens is 390 g/mol. The van der Waals surface area contributed by atoms with Gasteiger partial charge < -0.3 is 5.32 Å². The molecule has 24 heavy (non-hydrogen) atoms. The van der Waals surface area contributed by atoms with Crippen molar-refractivity contribution in [2.45, 2.75) is 26.8 Å². The van der Waals surface area contributed by atoms with Crippen LogP contribution < -0.4 is 10.7 Å². The normalized spacial score (nSPS) is 12.6. The molecule has 0 radical (unpaired) electrons. The molecule has 0 spiro atoms. The molecule has 0 saturated carbocycles. The van der Waals surface area contributed by atoms with Crippen LogP contribution >= 0.6 is 27.5 Å². The van der Waals surface area contributed by atoms with Gasteiger partial charge >= 0.3 is 0 Å². The number of aryl methyl sites for hydroxylation is 1. The minimum atomic E-state index is -0.425. The Labute approximate surface area is 155 Å². The quantitative estimate of drug-likeness (QED) is 0.554. The van der Waals surface area contributed by atoms with Crippen molar-refractivity contribution < 1.29 is 4.79 Å². The van der Waals surface area contributed by atoms with Gasteiger partial charge in [0, 0.05) is 15.2 Å². The van der Waals surface area contributed by atoms with Crippen molar-refractivity contribution in [1.29, 1.82) is 0 Å². The van der Waals surface area contributed by atoms with Crippen molar-refractivity contribution in [1.82, 2.24) is 5.43 Å². The summed E-state index contributed by atoms with van der Waals surface area (Å²) in [7, 11) is 0. The summed E-state index contributed by atoms with van der Waals surface area (Å²) in [5, 5.41) is 8.00. The SMILES string of the molecule is C/C(=N/NC(=O)[C@@H](C)Nc1ccc(Cl)cc1C)c1ccc(Br)cc1. The third kappa shape index (κ3) is 5.08. The van der Waals surface area contributed by atoms with Gasteiger partial charge in [-0.3, -0.25) is 4.79 Å². The Bertz CT molecular complexity index is 759. The molecule has 2 rings (SSSR count). The van der Waals surface area contributed by atoms with Crippen LogP contribution in [-0.4, -0.2) is 17.7 Å². The summed E-state index contributed by atoms with van der Waals surface area (Å²) in [5.74, 6) is -0.208. The van der Waals surface area contributed by atoms with Gasteiger partial charge in [-0.15, -0.1) is 0 Å². The summed E-state index contributed by atoms with van der Waals surface area (Å²) in [5.41, 5.74) is 6.14. The van der Waals surface area contributed by atoms with E-state index in [0.29, 0.717) is 5.02 Å². The van der Waals surface area contributed by atoms with E-state index in [0.717, 1.165) is 27.0 Å². The zero-order valence-corrected chi connectivity index (χ0v) is 16.1. The van der Waals surface area contributed by atoms with Crippen LogP contribution in [0.4, 0.5) is 5.69 Å². The second-order valence-corrected chi connectivity index (χ2v) is 6.86. The van der Waals surface area contributed by atoms with Crippen LogP contribution in [-0.2, 0) is 4.79 Å². The minimum absolute atomic E-state index is 0.208. The van der Waals surface area contributed by atoms with E-state index < -0.39 is 6.04 Å². The maximum atomic E-state index is 12.2. The molecule has 0 saturated heterocycles. The Morgan fingerprint density at radius 1 is 1.21 bits per heavy atom. The van der Waals surface area contributed by atoms with Crippen LogP contribution in [0.1, 0.15) is 25.0 Å². The van der Waals surface area contributed by atoms with Crippen LogP contribution in [0, 0.1) is 6.92 Å². The Morgan fingerprint density at radius 3 is 2.50 bits per heavy atom. The Morgan fingerprint density at radius 2 is 1.88 bits per heavy atom. The van der Waals surface area contributed by atoms with Gasteiger partial charge in [-0.2, -0.15) is 5.10 Å². The second kappa shape index (κ2) is 8.31. The highest BCUT2D eigenvalue weighted by molar-refractivity contribution is 9.10. The fraction of sp³-hybridized carbons (Fsp3) is 0.222. The Kier molecular flexibility index (Phi) is 6.40. The minimum Gasteiger partial charge on any atom is -0.374 e. The van der Waals surface area contributed by atoms with E-state index in [-0.39, 0.29) is 5.91 Å². The first-order valence-corrected chi connectivity index (χ1v) is 8.66. The number of benzene rings is 2. The molecule has 4 nitrogen and oxygen atoms in total. The summed E-state index contributed by atoms with van der Waals surface area (Å²) >= 11 is 9.33. The molecule has 1 amide bonds. The van der Waals surface area contributed by atoms with Gasteiger partial charge in [0.05, 0.1) is 5.71 Å². The van der Waals surface area contributed by atoms with Gasteiger partial charge in [0.2, 0.25) is 0 Å². The smallest absolute Gasteiger partial charge is 0.262 e. The molecule has 0 fully saturated rings. The van der Waals surface area contributed by atoms with E-state index in [4.69, 9.17) is 11.6 Å². The maximum Gasteiger partial charge on any atom is 0.262 e. The van der Waals surface area contributed by atoms with Crippen LogP contribution in [0.15, 0.2) is 52.0 Å². The number of hydrazone groups is 1. The third-order valence-corrected chi connectivity index (χ3v) is 4.31. The molecular formula is C18H19BrClN3O. The summed E-state index contributed by atoms with van der Waals surface area (Å²) in [6.45, 7) is 5.58. The largest absolute Gasteiger partial charge is 0.374 e. The molecule has 126 valence electrons. The molecule has 0 heterocycles. The highest BCUT2D eigenvalue weighted by atomic mass is 79.9. The fourth-order valence-corrected chi connectivity index (χ4v) is 2.57. The van der Waals surface area contributed by atoms with Crippen LogP contribution in [0.3, 0.4) is 0 Å². The Hall–Kier alpha value is -1.85. The van der Waals surface area contributed by atoms with Crippen molar-refractivity contribution >= 4 is 44.8 Å². The highest BCUT2D eigenvalue weighted by Crippen LogP contribution is 2.20. The number of carbonyl (C=O) groups is 1. The van der Waals surface area contributed by atoms with Crippen molar-refractivity contribution in [3.05, 3.63) is 63.1 Å². The van der Waals surface area contributed by atoms with Crippen molar-refractivity contribution in [3.8, 4) is 0 Å². The number of hydrogen-bond acceptors (Lipinski definition) is 3. The average molecular weight is 409 g/mol. The van der Waals surface area contributed by atoms with Gasteiger partial charge in [-0.05, 0) is 62.2 Å². The molecule has 0 aromatic heterocycles. The highest BCUT2D eigenvalue weighted by Gasteiger charge is 2.13. The lowest BCUT2D eigenvalue weighted by molar-refractivity contribution is -0.121. The summed E-state index contributed by atoms with van der Waals surface area (Å²) in [4.78, 5) is 12.2. The lowest BCUT2D eigenvalue weighted by Crippen LogP contribution is -2.35. The summed E-state index contributed by atoms with van der Waals surface area (Å²) in [6, 6.07) is 12.8. The molecule has 0 aliphatic carbocycles. The van der Waals surface area contributed by atoms with Gasteiger partial charge in [0.15, 0.2) is 0 Å². The molecule has 2 aromatic carbocycles. The molecule has 0 aliphatic heterocycles. The molecule has 6 heteroatoms. The maximum absolute atomic E-state index is 12.2. The van der Waals surface area contributed by atoms with Gasteiger partial charge in [-0.25, -0.2) is 5.43 Å². The number of nitrogens with zero attached hydrogens (tertiary/aromatic N) is 1. The number of nitrogens with one attached hydrogen (secondary N) is 2. The number of rotatable bonds is 5. The predicted octanol–water partition coefficient (Wildman–Crippen LogP) is 4.75. The number of carbonyl (C=O) groups excluding carboxylic acids is 1. The van der Waals surface area contributed by atoms with Crippen molar-refractivity contribution in [2.75, 3.05) is 5.32 Å². The summed E-state index contributed by atoms with van der Waals surface area (Å²) in [6.07, 6.45) is 0. The molecule has 2 aromatic rings. The first-order chi connectivity index (χ1) is 11.4. The average Bonchev–Trinajstić information content (AvgIpc) is 2.55. The lowest BCUT2D eigenvalue weighted by atomic mass is 10.1. The zero-order valence-electron chi connectivity index (χ0n) is 13.7. The topological polar surface area (TPSA) is 53.5 Å². The van der Waals surface area contributed by atoms with Crippen LogP contribution in [0.25, 0.3) is 0 Å². The lowest BCUT2D eigenvalue weighted by Gasteiger charge is -2.16. The molecule has 0 unspecified atom stereocenters. The van der Waals surface area contributed by atoms with Gasteiger partial charge in [0.1, 0.15) is 6.04 Å². The molecule has 1 atom stereocenters. The second-order valence-electron chi connectivity index (χ2n) is 5.51. The third-order valence-electron chi connectivity index (χ3n) is 3.55. The summed E-state index contributed by atoms with van der Waals surface area (Å²) < 4.78 is 0.999. The van der Waals surface area contributed by atoms with E-state index in [1.807, 2.05) is 50.2 Å². The van der Waals surface area contributed by atoms with E-state index in [1.165, 1.54) is 0 Å². The fourth-order valence-electron chi connectivity index (χ4n) is 2.08. The number of amides is 1. The van der Waals surface area contributed by atoms with Crippen molar-refractivity contribution in [3.63, 3.8) is 0 Å². The first kappa shape index (κ1) is 18.5. The molecule has 0 bridgehead atoms. The van der Waals surface area contributed by atoms with Gasteiger partial charge in [-0.1, -0.05) is 39.7 Å². The van der Waals surface area contributed by atoms with E-state index >= 15 is 0 Å². The molecule has 0 aliphatic rings.